The number of aromatic nitrogens is 3. The van der Waals surface area contributed by atoms with Gasteiger partial charge in [-0.15, -0.1) is 5.10 Å². The lowest BCUT2D eigenvalue weighted by molar-refractivity contribution is -0.113. The predicted molar refractivity (Wildman–Crippen MR) is 131 cm³/mol. The number of hydrogen-bond acceptors (Lipinski definition) is 6. The van der Waals surface area contributed by atoms with Crippen LogP contribution in [0.3, 0.4) is 0 Å². The van der Waals surface area contributed by atoms with E-state index in [4.69, 9.17) is 4.74 Å². The Labute approximate surface area is 202 Å². The van der Waals surface area contributed by atoms with Gasteiger partial charge in [-0.3, -0.25) is 9.59 Å². The minimum atomic E-state index is -0.426. The van der Waals surface area contributed by atoms with Crippen LogP contribution in [0.25, 0.3) is 21.9 Å². The summed E-state index contributed by atoms with van der Waals surface area (Å²) in [5, 5.41) is 4.40. The summed E-state index contributed by atoms with van der Waals surface area (Å²) in [4.78, 5) is 33.3. The number of benzene rings is 3. The van der Waals surface area contributed by atoms with Crippen LogP contribution in [0.2, 0.25) is 0 Å². The number of carbonyl (C=O) groups is 1. The van der Waals surface area contributed by atoms with E-state index < -0.39 is 11.4 Å². The van der Waals surface area contributed by atoms with Crippen molar-refractivity contribution in [2.24, 2.45) is 0 Å². The summed E-state index contributed by atoms with van der Waals surface area (Å²) in [6.07, 6.45) is 0. The van der Waals surface area contributed by atoms with Gasteiger partial charge in [-0.05, 0) is 24.3 Å². The zero-order chi connectivity index (χ0) is 24.1. The van der Waals surface area contributed by atoms with Gasteiger partial charge in [0.1, 0.15) is 16.1 Å². The van der Waals surface area contributed by atoms with Crippen molar-refractivity contribution in [3.05, 3.63) is 105 Å². The lowest BCUT2D eigenvalue weighted by atomic mass is 10.1. The van der Waals surface area contributed by atoms with Crippen molar-refractivity contribution >= 4 is 33.5 Å². The highest BCUT2D eigenvalue weighted by Gasteiger charge is 2.34. The van der Waals surface area contributed by atoms with Crippen molar-refractivity contribution in [3.63, 3.8) is 0 Å². The third-order valence-electron chi connectivity index (χ3n) is 5.94. The van der Waals surface area contributed by atoms with Crippen LogP contribution in [0.4, 0.5) is 10.1 Å². The van der Waals surface area contributed by atoms with E-state index in [1.165, 1.54) is 15.5 Å². The Kier molecular flexibility index (Phi) is 4.93. The van der Waals surface area contributed by atoms with Gasteiger partial charge in [0, 0.05) is 11.1 Å². The maximum Gasteiger partial charge on any atom is 0.291 e. The van der Waals surface area contributed by atoms with Gasteiger partial charge in [-0.25, -0.2) is 4.39 Å². The zero-order valence-electron chi connectivity index (χ0n) is 18.4. The fourth-order valence-electron chi connectivity index (χ4n) is 4.28. The third-order valence-corrected chi connectivity index (χ3v) is 6.97. The monoisotopic (exact) mass is 484 g/mol. The number of amides is 1. The van der Waals surface area contributed by atoms with Gasteiger partial charge >= 0.3 is 0 Å². The minimum Gasteiger partial charge on any atom is -0.496 e. The van der Waals surface area contributed by atoms with Crippen LogP contribution in [0.1, 0.15) is 11.1 Å². The van der Waals surface area contributed by atoms with Crippen molar-refractivity contribution < 1.29 is 13.9 Å². The van der Waals surface area contributed by atoms with Crippen LogP contribution in [0.5, 0.6) is 5.75 Å². The van der Waals surface area contributed by atoms with E-state index in [1.54, 1.807) is 49.6 Å². The molecule has 3 heterocycles. The lowest BCUT2D eigenvalue weighted by Gasteiger charge is -2.17. The first kappa shape index (κ1) is 21.2. The Morgan fingerprint density at radius 1 is 0.943 bits per heavy atom. The molecular formula is C26H17FN4O3S. The number of ether oxygens (including phenoxy) is 1. The first-order valence-electron chi connectivity index (χ1n) is 10.8. The third kappa shape index (κ3) is 3.31. The average Bonchev–Trinajstić information content (AvgIpc) is 3.51. The summed E-state index contributed by atoms with van der Waals surface area (Å²) in [5.41, 5.74) is 2.16. The molecule has 3 aromatic carbocycles. The number of anilines is 1. The smallest absolute Gasteiger partial charge is 0.291 e. The molecule has 0 spiro atoms. The van der Waals surface area contributed by atoms with Crippen LogP contribution in [-0.2, 0) is 11.3 Å². The molecule has 1 aliphatic heterocycles. The molecule has 6 rings (SSSR count). The first-order valence-corrected chi connectivity index (χ1v) is 11.6. The fraction of sp³-hybridized carbons (Fsp3) is 0.0769. The van der Waals surface area contributed by atoms with E-state index in [0.29, 0.717) is 38.9 Å². The normalized spacial score (nSPS) is 14.6. The minimum absolute atomic E-state index is 0.0545. The molecule has 5 aromatic rings. The first-order chi connectivity index (χ1) is 17.1. The quantitative estimate of drug-likeness (QED) is 0.391. The second-order valence-electron chi connectivity index (χ2n) is 7.94. The van der Waals surface area contributed by atoms with E-state index in [1.807, 2.05) is 24.3 Å². The van der Waals surface area contributed by atoms with Crippen LogP contribution < -0.4 is 19.7 Å². The summed E-state index contributed by atoms with van der Waals surface area (Å²) in [7, 11) is 1.56. The largest absolute Gasteiger partial charge is 0.496 e. The highest BCUT2D eigenvalue weighted by molar-refractivity contribution is 7.15. The number of nitrogens with zero attached hydrogens (tertiary/aromatic N) is 4. The van der Waals surface area contributed by atoms with E-state index in [2.05, 4.69) is 10.1 Å². The summed E-state index contributed by atoms with van der Waals surface area (Å²) in [6, 6.07) is 20.8. The second kappa shape index (κ2) is 8.14. The van der Waals surface area contributed by atoms with Crippen molar-refractivity contribution in [1.82, 2.24) is 14.6 Å². The number of halogens is 1. The van der Waals surface area contributed by atoms with E-state index in [-0.39, 0.29) is 22.6 Å². The SMILES string of the molecule is COc1ccccc1-c1nc2sc(=C3C(=O)N(Cc4ccccc4F)c4ccccc43)c(=O)n2n1. The van der Waals surface area contributed by atoms with Crippen molar-refractivity contribution in [1.29, 1.82) is 0 Å². The summed E-state index contributed by atoms with van der Waals surface area (Å²) in [6.45, 7) is 0.0545. The molecular weight excluding hydrogens is 467 g/mol. The molecule has 0 fully saturated rings. The Bertz CT molecular complexity index is 1740. The number of para-hydroxylation sites is 2. The molecule has 0 bridgehead atoms. The maximum atomic E-state index is 14.3. The van der Waals surface area contributed by atoms with Crippen molar-refractivity contribution in [2.45, 2.75) is 6.54 Å². The molecule has 0 aliphatic carbocycles. The summed E-state index contributed by atoms with van der Waals surface area (Å²) in [5.74, 6) is 0.206. The van der Waals surface area contributed by atoms with Gasteiger partial charge in [-0.2, -0.15) is 9.50 Å². The molecule has 0 N–H and O–H groups in total. The molecule has 1 aliphatic rings. The topological polar surface area (TPSA) is 76.8 Å². The van der Waals surface area contributed by atoms with Crippen LogP contribution in [0.15, 0.2) is 77.6 Å². The fourth-order valence-corrected chi connectivity index (χ4v) is 5.28. The van der Waals surface area contributed by atoms with Crippen LogP contribution >= 0.6 is 11.3 Å². The van der Waals surface area contributed by atoms with Crippen molar-refractivity contribution in [3.8, 4) is 17.1 Å². The second-order valence-corrected chi connectivity index (χ2v) is 8.92. The highest BCUT2D eigenvalue weighted by Crippen LogP contribution is 2.36. The average molecular weight is 485 g/mol. The van der Waals surface area contributed by atoms with E-state index in [0.717, 1.165) is 11.3 Å². The molecule has 172 valence electrons. The molecule has 35 heavy (non-hydrogen) atoms. The van der Waals surface area contributed by atoms with Gasteiger partial charge in [0.2, 0.25) is 4.96 Å². The number of methoxy groups -OCH3 is 1. The van der Waals surface area contributed by atoms with Gasteiger partial charge in [-0.1, -0.05) is 59.9 Å². The van der Waals surface area contributed by atoms with Gasteiger partial charge in [0.15, 0.2) is 5.82 Å². The summed E-state index contributed by atoms with van der Waals surface area (Å²) >= 11 is 1.11. The number of hydrogen-bond donors (Lipinski definition) is 0. The maximum absolute atomic E-state index is 14.3. The zero-order valence-corrected chi connectivity index (χ0v) is 19.3. The molecule has 2 aromatic heterocycles. The Balaban J connectivity index is 1.50. The summed E-state index contributed by atoms with van der Waals surface area (Å²) < 4.78 is 21.2. The molecule has 7 nitrogen and oxygen atoms in total. The highest BCUT2D eigenvalue weighted by atomic mass is 32.1. The van der Waals surface area contributed by atoms with Crippen molar-refractivity contribution in [2.75, 3.05) is 12.0 Å². The number of thiazole rings is 1. The van der Waals surface area contributed by atoms with E-state index in [9.17, 15) is 14.0 Å². The molecule has 9 heteroatoms. The van der Waals surface area contributed by atoms with Crippen LogP contribution in [0, 0.1) is 5.82 Å². The molecule has 1 amide bonds. The predicted octanol–water partition coefficient (Wildman–Crippen LogP) is 3.43. The molecule has 0 saturated carbocycles. The number of rotatable bonds is 4. The van der Waals surface area contributed by atoms with E-state index >= 15 is 0 Å². The molecule has 0 radical (unpaired) electrons. The van der Waals surface area contributed by atoms with Gasteiger partial charge in [0.25, 0.3) is 11.5 Å². The standard InChI is InChI=1S/C26H17FN4O3S/c1-34-20-13-7-4-10-17(20)23-28-26-31(29-23)25(33)22(35-26)21-16-9-3-6-12-19(16)30(24(21)32)14-15-8-2-5-11-18(15)27/h2-13H,14H2,1H3. The number of carbonyl (C=O) groups excluding carboxylic acids is 1. The molecule has 0 atom stereocenters. The molecule has 0 unspecified atom stereocenters. The van der Waals surface area contributed by atoms with Gasteiger partial charge in [0.05, 0.1) is 30.5 Å². The molecule has 0 saturated heterocycles. The van der Waals surface area contributed by atoms with Gasteiger partial charge < -0.3 is 9.64 Å². The number of fused-ring (bicyclic) bond motifs is 2. The Morgan fingerprint density at radius 2 is 1.66 bits per heavy atom. The lowest BCUT2D eigenvalue weighted by Crippen LogP contribution is -2.32. The Hall–Kier alpha value is -4.37. The Morgan fingerprint density at radius 3 is 2.43 bits per heavy atom. The van der Waals surface area contributed by atoms with Crippen LogP contribution in [-0.4, -0.2) is 27.6 Å².